The van der Waals surface area contributed by atoms with Crippen molar-refractivity contribution in [2.75, 3.05) is 19.7 Å². The molecule has 1 fully saturated rings. The van der Waals surface area contributed by atoms with Gasteiger partial charge in [-0.25, -0.2) is 4.98 Å². The molecule has 0 saturated carbocycles. The molecule has 1 aromatic heterocycles. The first-order valence-electron chi connectivity index (χ1n) is 9.59. The number of piperidine rings is 1. The van der Waals surface area contributed by atoms with Gasteiger partial charge in [-0.15, -0.1) is 0 Å². The number of carbonyl (C=O) groups is 1. The molecule has 146 valence electrons. The van der Waals surface area contributed by atoms with Crippen molar-refractivity contribution in [3.8, 4) is 10.9 Å². The van der Waals surface area contributed by atoms with E-state index in [0.717, 1.165) is 45.1 Å². The Hall–Kier alpha value is -2.60. The summed E-state index contributed by atoms with van der Waals surface area (Å²) in [5.41, 5.74) is 3.22. The van der Waals surface area contributed by atoms with Crippen LogP contribution in [0.25, 0.3) is 10.2 Å². The van der Waals surface area contributed by atoms with Crippen molar-refractivity contribution in [2.24, 2.45) is 0 Å². The average Bonchev–Trinajstić information content (AvgIpc) is 3.12. The molecule has 2 heterocycles. The van der Waals surface area contributed by atoms with Gasteiger partial charge in [0, 0.05) is 25.9 Å². The molecule has 2 aromatic carbocycles. The molecule has 1 amide bonds. The number of carbonyl (C=O) groups excluding carboxylic acids is 1. The summed E-state index contributed by atoms with van der Waals surface area (Å²) in [7, 11) is 0. The molecule has 1 saturated heterocycles. The van der Waals surface area contributed by atoms with E-state index in [0.29, 0.717) is 13.1 Å². The number of nitrogens with zero attached hydrogens (tertiary/aromatic N) is 2. The van der Waals surface area contributed by atoms with Gasteiger partial charge in [-0.2, -0.15) is 0 Å². The minimum atomic E-state index is 0.0253. The van der Waals surface area contributed by atoms with Crippen molar-refractivity contribution in [1.29, 1.82) is 0 Å². The zero-order chi connectivity index (χ0) is 19.5. The average molecular weight is 397 g/mol. The number of likely N-dealkylation sites (tertiary alicyclic amines) is 1. The number of rotatable bonds is 5. The first-order chi connectivity index (χ1) is 13.6. The van der Waals surface area contributed by atoms with Crippen LogP contribution in [0, 0.1) is 13.8 Å². The van der Waals surface area contributed by atoms with E-state index in [9.17, 15) is 4.79 Å². The molecule has 4 rings (SSSR count). The summed E-state index contributed by atoms with van der Waals surface area (Å²) in [5, 5.41) is 0.719. The lowest BCUT2D eigenvalue weighted by Gasteiger charge is -2.31. The van der Waals surface area contributed by atoms with E-state index in [1.54, 1.807) is 11.3 Å². The third-order valence-corrected chi connectivity index (χ3v) is 6.02. The molecule has 5 nitrogen and oxygen atoms in total. The summed E-state index contributed by atoms with van der Waals surface area (Å²) in [6, 6.07) is 13.9. The summed E-state index contributed by atoms with van der Waals surface area (Å²) in [4.78, 5) is 18.9. The fourth-order valence-electron chi connectivity index (χ4n) is 3.43. The number of para-hydroxylation sites is 2. The van der Waals surface area contributed by atoms with Crippen LogP contribution < -0.4 is 9.47 Å². The zero-order valence-corrected chi connectivity index (χ0v) is 17.0. The van der Waals surface area contributed by atoms with Gasteiger partial charge in [0.2, 0.25) is 0 Å². The Kier molecular flexibility index (Phi) is 5.48. The molecule has 28 heavy (non-hydrogen) atoms. The number of ether oxygens (including phenoxy) is 2. The monoisotopic (exact) mass is 396 g/mol. The molecule has 0 spiro atoms. The molecule has 0 N–H and O–H groups in total. The SMILES string of the molecule is Cc1ccccc1OCC(=O)N1CCC(Oc2nc3c(C)cccc3s2)CC1. The molecule has 0 unspecified atom stereocenters. The summed E-state index contributed by atoms with van der Waals surface area (Å²) < 4.78 is 12.9. The Labute approximate surface area is 168 Å². The normalized spacial score (nSPS) is 15.0. The molecular formula is C22H24N2O3S. The molecule has 6 heteroatoms. The van der Waals surface area contributed by atoms with Crippen molar-refractivity contribution < 1.29 is 14.3 Å². The zero-order valence-electron chi connectivity index (χ0n) is 16.2. The highest BCUT2D eigenvalue weighted by Crippen LogP contribution is 2.31. The number of thiazole rings is 1. The first-order valence-corrected chi connectivity index (χ1v) is 10.4. The number of aromatic nitrogens is 1. The fourth-order valence-corrected chi connectivity index (χ4v) is 4.39. The van der Waals surface area contributed by atoms with E-state index < -0.39 is 0 Å². The van der Waals surface area contributed by atoms with Crippen molar-refractivity contribution in [3.63, 3.8) is 0 Å². The van der Waals surface area contributed by atoms with E-state index in [1.807, 2.05) is 42.2 Å². The van der Waals surface area contributed by atoms with Crippen LogP contribution in [0.2, 0.25) is 0 Å². The Balaban J connectivity index is 1.28. The second-order valence-corrected chi connectivity index (χ2v) is 8.15. The highest BCUT2D eigenvalue weighted by atomic mass is 32.1. The maximum absolute atomic E-state index is 12.5. The maximum Gasteiger partial charge on any atom is 0.274 e. The summed E-state index contributed by atoms with van der Waals surface area (Å²) in [5.74, 6) is 0.789. The quantitative estimate of drug-likeness (QED) is 0.643. The van der Waals surface area contributed by atoms with E-state index in [4.69, 9.17) is 9.47 Å². The lowest BCUT2D eigenvalue weighted by Crippen LogP contribution is -2.43. The van der Waals surface area contributed by atoms with E-state index in [-0.39, 0.29) is 18.6 Å². The van der Waals surface area contributed by atoms with Gasteiger partial charge in [0.15, 0.2) is 6.61 Å². The summed E-state index contributed by atoms with van der Waals surface area (Å²) >= 11 is 1.59. The molecule has 0 atom stereocenters. The molecular weight excluding hydrogens is 372 g/mol. The van der Waals surface area contributed by atoms with Gasteiger partial charge < -0.3 is 14.4 Å². The van der Waals surface area contributed by atoms with Gasteiger partial charge in [0.1, 0.15) is 11.9 Å². The topological polar surface area (TPSA) is 51.7 Å². The van der Waals surface area contributed by atoms with Gasteiger partial charge in [0.05, 0.1) is 10.2 Å². The number of aryl methyl sites for hydroxylation is 2. The number of benzene rings is 2. The third-order valence-electron chi connectivity index (χ3n) is 5.11. The second-order valence-electron chi connectivity index (χ2n) is 7.15. The van der Waals surface area contributed by atoms with Crippen molar-refractivity contribution in [2.45, 2.75) is 32.8 Å². The van der Waals surface area contributed by atoms with Gasteiger partial charge in [0.25, 0.3) is 11.1 Å². The van der Waals surface area contributed by atoms with Crippen LogP contribution in [0.1, 0.15) is 24.0 Å². The van der Waals surface area contributed by atoms with Gasteiger partial charge >= 0.3 is 0 Å². The van der Waals surface area contributed by atoms with Gasteiger partial charge in [-0.1, -0.05) is 41.7 Å². The van der Waals surface area contributed by atoms with Crippen LogP contribution in [-0.4, -0.2) is 41.6 Å². The minimum Gasteiger partial charge on any atom is -0.484 e. The number of hydrogen-bond acceptors (Lipinski definition) is 5. The third kappa shape index (κ3) is 4.12. The Morgan fingerprint density at radius 3 is 2.61 bits per heavy atom. The predicted octanol–water partition coefficient (Wildman–Crippen LogP) is 4.36. The minimum absolute atomic E-state index is 0.0253. The van der Waals surface area contributed by atoms with E-state index in [2.05, 4.69) is 24.0 Å². The molecule has 0 radical (unpaired) electrons. The van der Waals surface area contributed by atoms with Crippen LogP contribution in [0.15, 0.2) is 42.5 Å². The Morgan fingerprint density at radius 1 is 1.11 bits per heavy atom. The number of hydrogen-bond donors (Lipinski definition) is 0. The smallest absolute Gasteiger partial charge is 0.274 e. The molecule has 3 aromatic rings. The van der Waals surface area contributed by atoms with Crippen LogP contribution in [0.4, 0.5) is 0 Å². The number of fused-ring (bicyclic) bond motifs is 1. The van der Waals surface area contributed by atoms with Crippen LogP contribution in [0.5, 0.6) is 10.9 Å². The van der Waals surface area contributed by atoms with Crippen molar-refractivity contribution in [1.82, 2.24) is 9.88 Å². The highest BCUT2D eigenvalue weighted by Gasteiger charge is 2.25. The second kappa shape index (κ2) is 8.19. The summed E-state index contributed by atoms with van der Waals surface area (Å²) in [6.45, 7) is 5.49. The first kappa shape index (κ1) is 18.7. The largest absolute Gasteiger partial charge is 0.484 e. The van der Waals surface area contributed by atoms with Crippen LogP contribution in [0.3, 0.4) is 0 Å². The van der Waals surface area contributed by atoms with Crippen LogP contribution >= 0.6 is 11.3 Å². The van der Waals surface area contributed by atoms with Crippen molar-refractivity contribution >= 4 is 27.5 Å². The molecule has 0 bridgehead atoms. The van der Waals surface area contributed by atoms with Gasteiger partial charge in [-0.05, 0) is 37.1 Å². The van der Waals surface area contributed by atoms with E-state index >= 15 is 0 Å². The summed E-state index contributed by atoms with van der Waals surface area (Å²) in [6.07, 6.45) is 1.72. The Morgan fingerprint density at radius 2 is 1.86 bits per heavy atom. The number of amides is 1. The molecule has 1 aliphatic heterocycles. The van der Waals surface area contributed by atoms with Gasteiger partial charge in [-0.3, -0.25) is 4.79 Å². The Bertz CT molecular complexity index is 977. The van der Waals surface area contributed by atoms with Crippen LogP contribution in [-0.2, 0) is 4.79 Å². The molecule has 1 aliphatic rings. The fraction of sp³-hybridized carbons (Fsp3) is 0.364. The predicted molar refractivity (Wildman–Crippen MR) is 111 cm³/mol. The van der Waals surface area contributed by atoms with E-state index in [1.165, 1.54) is 0 Å². The highest BCUT2D eigenvalue weighted by molar-refractivity contribution is 7.20. The lowest BCUT2D eigenvalue weighted by atomic mass is 10.1. The molecule has 0 aliphatic carbocycles. The van der Waals surface area contributed by atoms with Crippen molar-refractivity contribution in [3.05, 3.63) is 53.6 Å². The standard InChI is InChI=1S/C22H24N2O3S/c1-15-6-3-4-8-18(15)26-14-20(25)24-12-10-17(11-13-24)27-22-23-21-16(2)7-5-9-19(21)28-22/h3-9,17H,10-14H2,1-2H3. The lowest BCUT2D eigenvalue weighted by molar-refractivity contribution is -0.135. The maximum atomic E-state index is 12.5.